The molecule has 0 radical (unpaired) electrons. The third-order valence-corrected chi connectivity index (χ3v) is 5.59. The van der Waals surface area contributed by atoms with E-state index >= 15 is 0 Å². The predicted molar refractivity (Wildman–Crippen MR) is 76.2 cm³/mol. The summed E-state index contributed by atoms with van der Waals surface area (Å²) in [5.74, 6) is 1.06. The quantitative estimate of drug-likeness (QED) is 0.516. The topological polar surface area (TPSA) is 0 Å². The molecule has 2 saturated carbocycles. The fraction of sp³-hybridized carbons (Fsp3) is 1.00. The molecule has 0 heteroatoms. The number of hydrogen-bond donors (Lipinski definition) is 0. The van der Waals surface area contributed by atoms with E-state index in [1.165, 1.54) is 89.9 Å². The number of rotatable bonds is 1. The summed E-state index contributed by atoms with van der Waals surface area (Å²) in [5.41, 5.74) is 0.706. The standard InChI is InChI=1S/C17H32/c1-17(14-10-6-3-7-11-15-17)16-12-8-4-2-5-9-13-16/h16H,2-15H2,1H3. The van der Waals surface area contributed by atoms with Gasteiger partial charge in [-0.15, -0.1) is 0 Å². The Morgan fingerprint density at radius 2 is 1.00 bits per heavy atom. The van der Waals surface area contributed by atoms with Crippen LogP contribution in [0.25, 0.3) is 0 Å². The molecule has 0 saturated heterocycles. The molecule has 0 unspecified atom stereocenters. The Morgan fingerprint density at radius 3 is 1.53 bits per heavy atom. The molecule has 0 nitrogen and oxygen atoms in total. The van der Waals surface area contributed by atoms with Crippen molar-refractivity contribution < 1.29 is 0 Å². The molecule has 2 fully saturated rings. The minimum atomic E-state index is 0.706. The fourth-order valence-corrected chi connectivity index (χ4v) is 4.27. The zero-order valence-corrected chi connectivity index (χ0v) is 12.0. The Bertz CT molecular complexity index is 190. The minimum absolute atomic E-state index is 0.706. The molecule has 2 aliphatic rings. The van der Waals surface area contributed by atoms with Gasteiger partial charge in [0.1, 0.15) is 0 Å². The average molecular weight is 236 g/mol. The monoisotopic (exact) mass is 236 g/mol. The third-order valence-electron chi connectivity index (χ3n) is 5.59. The van der Waals surface area contributed by atoms with Crippen LogP contribution in [0.3, 0.4) is 0 Å². The normalized spacial score (nSPS) is 28.8. The fourth-order valence-electron chi connectivity index (χ4n) is 4.27. The first-order valence-electron chi connectivity index (χ1n) is 8.31. The Morgan fingerprint density at radius 1 is 0.588 bits per heavy atom. The van der Waals surface area contributed by atoms with Gasteiger partial charge in [0.15, 0.2) is 0 Å². The summed E-state index contributed by atoms with van der Waals surface area (Å²) in [6.07, 6.45) is 21.2. The van der Waals surface area contributed by atoms with E-state index in [1.807, 2.05) is 0 Å². The summed E-state index contributed by atoms with van der Waals surface area (Å²) in [6.45, 7) is 2.63. The van der Waals surface area contributed by atoms with Crippen LogP contribution in [0.5, 0.6) is 0 Å². The van der Waals surface area contributed by atoms with Crippen LogP contribution in [-0.4, -0.2) is 0 Å². The van der Waals surface area contributed by atoms with Gasteiger partial charge in [-0.2, -0.15) is 0 Å². The van der Waals surface area contributed by atoms with Gasteiger partial charge in [0.05, 0.1) is 0 Å². The highest BCUT2D eigenvalue weighted by Gasteiger charge is 2.33. The van der Waals surface area contributed by atoms with E-state index in [0.29, 0.717) is 5.41 Å². The second kappa shape index (κ2) is 6.81. The van der Waals surface area contributed by atoms with Gasteiger partial charge >= 0.3 is 0 Å². The van der Waals surface area contributed by atoms with Crippen molar-refractivity contribution in [1.82, 2.24) is 0 Å². The second-order valence-corrected chi connectivity index (χ2v) is 6.96. The van der Waals surface area contributed by atoms with Crippen molar-refractivity contribution in [2.45, 2.75) is 96.8 Å². The molecule has 100 valence electrons. The van der Waals surface area contributed by atoms with Gasteiger partial charge in [-0.05, 0) is 37.0 Å². The first kappa shape index (κ1) is 13.4. The van der Waals surface area contributed by atoms with Crippen LogP contribution in [0.15, 0.2) is 0 Å². The molecule has 0 heterocycles. The lowest BCUT2D eigenvalue weighted by Crippen LogP contribution is -2.29. The van der Waals surface area contributed by atoms with Crippen molar-refractivity contribution in [2.24, 2.45) is 11.3 Å². The summed E-state index contributed by atoms with van der Waals surface area (Å²) in [5, 5.41) is 0. The second-order valence-electron chi connectivity index (χ2n) is 6.96. The van der Waals surface area contributed by atoms with Gasteiger partial charge in [-0.3, -0.25) is 0 Å². The first-order valence-corrected chi connectivity index (χ1v) is 8.31. The maximum absolute atomic E-state index is 2.63. The third kappa shape index (κ3) is 4.00. The van der Waals surface area contributed by atoms with Crippen molar-refractivity contribution in [3.05, 3.63) is 0 Å². The van der Waals surface area contributed by atoms with Crippen LogP contribution >= 0.6 is 0 Å². The van der Waals surface area contributed by atoms with Crippen molar-refractivity contribution in [2.75, 3.05) is 0 Å². The van der Waals surface area contributed by atoms with E-state index in [-0.39, 0.29) is 0 Å². The maximum atomic E-state index is 2.63. The van der Waals surface area contributed by atoms with E-state index in [4.69, 9.17) is 0 Å². The lowest BCUT2D eigenvalue weighted by molar-refractivity contribution is 0.109. The SMILES string of the molecule is CC1(C2CCCCCCC2)CCCCCCC1. The molecule has 0 aromatic carbocycles. The highest BCUT2D eigenvalue weighted by molar-refractivity contribution is 4.84. The van der Waals surface area contributed by atoms with Gasteiger partial charge in [0.25, 0.3) is 0 Å². The molecule has 2 aliphatic carbocycles. The zero-order chi connectivity index (χ0) is 12.0. The summed E-state index contributed by atoms with van der Waals surface area (Å²) in [6, 6.07) is 0. The molecule has 0 aliphatic heterocycles. The van der Waals surface area contributed by atoms with E-state index < -0.39 is 0 Å². The molecule has 17 heavy (non-hydrogen) atoms. The van der Waals surface area contributed by atoms with Crippen LogP contribution in [0.4, 0.5) is 0 Å². The highest BCUT2D eigenvalue weighted by atomic mass is 14.4. The molecule has 0 amide bonds. The van der Waals surface area contributed by atoms with E-state index in [0.717, 1.165) is 5.92 Å². The summed E-state index contributed by atoms with van der Waals surface area (Å²) < 4.78 is 0. The van der Waals surface area contributed by atoms with Crippen molar-refractivity contribution >= 4 is 0 Å². The minimum Gasteiger partial charge on any atom is -0.0594 e. The van der Waals surface area contributed by atoms with Crippen molar-refractivity contribution in [3.8, 4) is 0 Å². The molecule has 0 aromatic heterocycles. The molecule has 0 bridgehead atoms. The predicted octanol–water partition coefficient (Wildman–Crippen LogP) is 6.10. The van der Waals surface area contributed by atoms with Crippen molar-refractivity contribution in [1.29, 1.82) is 0 Å². The van der Waals surface area contributed by atoms with Crippen LogP contribution in [-0.2, 0) is 0 Å². The summed E-state index contributed by atoms with van der Waals surface area (Å²) in [7, 11) is 0. The smallest absolute Gasteiger partial charge is 0.0298 e. The van der Waals surface area contributed by atoms with E-state index in [1.54, 1.807) is 0 Å². The Kier molecular flexibility index (Phi) is 5.38. The molecule has 0 N–H and O–H groups in total. The van der Waals surface area contributed by atoms with Gasteiger partial charge in [-0.25, -0.2) is 0 Å². The highest BCUT2D eigenvalue weighted by Crippen LogP contribution is 2.45. The average Bonchev–Trinajstić information content (AvgIpc) is 2.23. The first-order chi connectivity index (χ1) is 8.31. The van der Waals surface area contributed by atoms with Crippen molar-refractivity contribution in [3.63, 3.8) is 0 Å². The largest absolute Gasteiger partial charge is 0.0594 e. The molecular formula is C17H32. The van der Waals surface area contributed by atoms with Crippen LogP contribution in [0.1, 0.15) is 96.8 Å². The molecule has 0 spiro atoms. The summed E-state index contributed by atoms with van der Waals surface area (Å²) >= 11 is 0. The van der Waals surface area contributed by atoms with Gasteiger partial charge in [0, 0.05) is 0 Å². The number of hydrogen-bond acceptors (Lipinski definition) is 0. The summed E-state index contributed by atoms with van der Waals surface area (Å²) in [4.78, 5) is 0. The van der Waals surface area contributed by atoms with Gasteiger partial charge < -0.3 is 0 Å². The van der Waals surface area contributed by atoms with Crippen LogP contribution in [0, 0.1) is 11.3 Å². The molecule has 2 rings (SSSR count). The van der Waals surface area contributed by atoms with E-state index in [9.17, 15) is 0 Å². The zero-order valence-electron chi connectivity index (χ0n) is 12.0. The van der Waals surface area contributed by atoms with E-state index in [2.05, 4.69) is 6.92 Å². The maximum Gasteiger partial charge on any atom is -0.0298 e. The van der Waals surface area contributed by atoms with Crippen LogP contribution in [0.2, 0.25) is 0 Å². The van der Waals surface area contributed by atoms with Crippen LogP contribution < -0.4 is 0 Å². The lowest BCUT2D eigenvalue weighted by atomic mass is 9.65. The lowest BCUT2D eigenvalue weighted by Gasteiger charge is -2.40. The van der Waals surface area contributed by atoms with Gasteiger partial charge in [-0.1, -0.05) is 71.1 Å². The molecular weight excluding hydrogens is 204 g/mol. The molecule has 0 atom stereocenters. The Hall–Kier alpha value is 0. The Labute approximate surface area is 109 Å². The molecule has 0 aromatic rings. The Balaban J connectivity index is 1.94. The van der Waals surface area contributed by atoms with Gasteiger partial charge in [0.2, 0.25) is 0 Å².